The molecule has 0 radical (unpaired) electrons. The topological polar surface area (TPSA) is 38.7 Å². The van der Waals surface area contributed by atoms with Crippen LogP contribution in [-0.2, 0) is 4.74 Å². The smallest absolute Gasteiger partial charge is 0.125 e. The summed E-state index contributed by atoms with van der Waals surface area (Å²) in [6.07, 6.45) is 4.43. The first-order valence-corrected chi connectivity index (χ1v) is 8.08. The van der Waals surface area contributed by atoms with E-state index in [1.54, 1.807) is 7.11 Å². The zero-order chi connectivity index (χ0) is 15.3. The van der Waals surface area contributed by atoms with Gasteiger partial charge in [-0.1, -0.05) is 44.9 Å². The van der Waals surface area contributed by atoms with E-state index in [0.717, 1.165) is 37.0 Å². The van der Waals surface area contributed by atoms with Crippen molar-refractivity contribution in [3.8, 4) is 5.75 Å². The van der Waals surface area contributed by atoms with Gasteiger partial charge in [-0.15, -0.1) is 0 Å². The third-order valence-electron chi connectivity index (χ3n) is 4.57. The monoisotopic (exact) mass is 292 g/mol. The van der Waals surface area contributed by atoms with E-state index in [0.29, 0.717) is 12.5 Å². The second kappa shape index (κ2) is 7.28. The highest BCUT2D eigenvalue weighted by Gasteiger charge is 2.43. The molecule has 1 aromatic carbocycles. The Morgan fingerprint density at radius 2 is 2.14 bits per heavy atom. The molecule has 21 heavy (non-hydrogen) atoms. The number of aliphatic hydroxyl groups is 1. The van der Waals surface area contributed by atoms with Crippen molar-refractivity contribution in [2.75, 3.05) is 13.7 Å². The van der Waals surface area contributed by atoms with E-state index in [1.165, 1.54) is 6.42 Å². The summed E-state index contributed by atoms with van der Waals surface area (Å²) in [6, 6.07) is 7.79. The minimum atomic E-state index is -0.640. The molecule has 1 aliphatic carbocycles. The molecular formula is C18H28O3. The number of benzene rings is 1. The first-order chi connectivity index (χ1) is 10.1. The second-order valence-electron chi connectivity index (χ2n) is 6.26. The van der Waals surface area contributed by atoms with E-state index in [4.69, 9.17) is 9.47 Å². The summed E-state index contributed by atoms with van der Waals surface area (Å²) in [5.41, 5.74) is 0.366. The molecule has 1 fully saturated rings. The maximum Gasteiger partial charge on any atom is 0.125 e. The number of rotatable bonds is 6. The molecule has 0 saturated heterocycles. The van der Waals surface area contributed by atoms with Crippen LogP contribution in [-0.4, -0.2) is 24.4 Å². The maximum atomic E-state index is 11.0. The maximum absolute atomic E-state index is 11.0. The molecule has 1 aliphatic rings. The van der Waals surface area contributed by atoms with Gasteiger partial charge in [0.05, 0.1) is 12.2 Å². The molecule has 3 nitrogen and oxygen atoms in total. The van der Waals surface area contributed by atoms with Crippen LogP contribution in [0.3, 0.4) is 0 Å². The minimum absolute atomic E-state index is 0.483. The fraction of sp³-hybridized carbons (Fsp3) is 0.667. The van der Waals surface area contributed by atoms with Crippen molar-refractivity contribution < 1.29 is 14.6 Å². The van der Waals surface area contributed by atoms with Gasteiger partial charge in [0.25, 0.3) is 0 Å². The number of ether oxygens (including phenoxy) is 2. The van der Waals surface area contributed by atoms with Gasteiger partial charge >= 0.3 is 0 Å². The number of methoxy groups -OCH3 is 1. The van der Waals surface area contributed by atoms with Crippen molar-refractivity contribution in [2.45, 2.75) is 57.7 Å². The van der Waals surface area contributed by atoms with Gasteiger partial charge in [-0.3, -0.25) is 0 Å². The normalized spacial score (nSPS) is 27.3. The predicted molar refractivity (Wildman–Crippen MR) is 84.6 cm³/mol. The minimum Gasteiger partial charge on any atom is -0.493 e. The zero-order valence-electron chi connectivity index (χ0n) is 13.5. The van der Waals surface area contributed by atoms with Crippen LogP contribution in [0.5, 0.6) is 5.75 Å². The lowest BCUT2D eigenvalue weighted by atomic mass is 9.74. The van der Waals surface area contributed by atoms with Crippen molar-refractivity contribution in [1.82, 2.24) is 0 Å². The van der Waals surface area contributed by atoms with Gasteiger partial charge in [-0.25, -0.2) is 0 Å². The molecule has 0 aliphatic heterocycles. The van der Waals surface area contributed by atoms with Crippen molar-refractivity contribution in [1.29, 1.82) is 0 Å². The average molecular weight is 292 g/mol. The summed E-state index contributed by atoms with van der Waals surface area (Å²) in [5.74, 6) is 1.36. The fourth-order valence-electron chi connectivity index (χ4n) is 3.42. The van der Waals surface area contributed by atoms with Crippen molar-refractivity contribution in [2.24, 2.45) is 5.92 Å². The second-order valence-corrected chi connectivity index (χ2v) is 6.26. The number of aliphatic hydroxyl groups excluding tert-OH is 1. The molecule has 3 atom stereocenters. The summed E-state index contributed by atoms with van der Waals surface area (Å²) in [6.45, 7) is 4.98. The highest BCUT2D eigenvalue weighted by Crippen LogP contribution is 2.45. The summed E-state index contributed by atoms with van der Waals surface area (Å²) in [5, 5.41) is 11.0. The largest absolute Gasteiger partial charge is 0.493 e. The van der Waals surface area contributed by atoms with Crippen LogP contribution in [0.25, 0.3) is 0 Å². The van der Waals surface area contributed by atoms with Crippen molar-refractivity contribution in [3.63, 3.8) is 0 Å². The molecule has 1 N–H and O–H groups in total. The van der Waals surface area contributed by atoms with Crippen LogP contribution < -0.4 is 4.74 Å². The quantitative estimate of drug-likeness (QED) is 0.857. The predicted octanol–water partition coefficient (Wildman–Crippen LogP) is 4.10. The molecule has 0 spiro atoms. The first-order valence-electron chi connectivity index (χ1n) is 8.08. The van der Waals surface area contributed by atoms with Crippen LogP contribution in [0, 0.1) is 5.92 Å². The fourth-order valence-corrected chi connectivity index (χ4v) is 3.42. The van der Waals surface area contributed by atoms with E-state index in [9.17, 15) is 5.11 Å². The van der Waals surface area contributed by atoms with E-state index in [-0.39, 0.29) is 0 Å². The van der Waals surface area contributed by atoms with Gasteiger partial charge in [0.1, 0.15) is 11.9 Å². The van der Waals surface area contributed by atoms with Crippen molar-refractivity contribution in [3.05, 3.63) is 29.8 Å². The molecule has 0 aromatic heterocycles. The molecule has 1 saturated carbocycles. The number of hydrogen-bond donors (Lipinski definition) is 1. The van der Waals surface area contributed by atoms with Crippen LogP contribution >= 0.6 is 0 Å². The molecule has 3 unspecified atom stereocenters. The lowest BCUT2D eigenvalue weighted by molar-refractivity contribution is -0.134. The molecule has 0 amide bonds. The number of para-hydroxylation sites is 1. The Kier molecular flexibility index (Phi) is 5.65. The van der Waals surface area contributed by atoms with Crippen LogP contribution in [0.15, 0.2) is 24.3 Å². The van der Waals surface area contributed by atoms with Gasteiger partial charge in [0, 0.05) is 12.7 Å². The molecular weight excluding hydrogens is 264 g/mol. The Balaban J connectivity index is 2.26. The molecule has 2 rings (SSSR count). The van der Waals surface area contributed by atoms with Gasteiger partial charge in [-0.05, 0) is 31.2 Å². The Bertz CT molecular complexity index is 446. The van der Waals surface area contributed by atoms with Crippen molar-refractivity contribution >= 4 is 0 Å². The van der Waals surface area contributed by atoms with Gasteiger partial charge in [-0.2, -0.15) is 0 Å². The molecule has 0 bridgehead atoms. The van der Waals surface area contributed by atoms with Gasteiger partial charge in [0.15, 0.2) is 0 Å². The van der Waals surface area contributed by atoms with Crippen LogP contribution in [0.2, 0.25) is 0 Å². The average Bonchev–Trinajstić information content (AvgIpc) is 2.52. The summed E-state index contributed by atoms with van der Waals surface area (Å²) in [7, 11) is 1.72. The molecule has 1 aromatic rings. The Hall–Kier alpha value is -1.06. The molecule has 3 heteroatoms. The summed E-state index contributed by atoms with van der Waals surface area (Å²) in [4.78, 5) is 0. The Morgan fingerprint density at radius 3 is 2.81 bits per heavy atom. The standard InChI is InChI=1S/C18H28O3/c1-4-12-21-16-10-6-5-9-15(16)17(19)18(20-3)11-7-8-14(2)13-18/h5-6,9-10,14,17,19H,4,7-8,11-13H2,1-3H3. The highest BCUT2D eigenvalue weighted by molar-refractivity contribution is 5.36. The van der Waals surface area contributed by atoms with E-state index in [2.05, 4.69) is 13.8 Å². The Labute approximate surface area is 128 Å². The zero-order valence-corrected chi connectivity index (χ0v) is 13.5. The summed E-state index contributed by atoms with van der Waals surface area (Å²) >= 11 is 0. The lowest BCUT2D eigenvalue weighted by Crippen LogP contribution is -2.42. The van der Waals surface area contributed by atoms with Gasteiger partial charge in [0.2, 0.25) is 0 Å². The first kappa shape index (κ1) is 16.3. The molecule has 118 valence electrons. The van der Waals surface area contributed by atoms with Gasteiger partial charge < -0.3 is 14.6 Å². The Morgan fingerprint density at radius 1 is 1.38 bits per heavy atom. The SMILES string of the molecule is CCCOc1ccccc1C(O)C1(OC)CCCC(C)C1. The van der Waals surface area contributed by atoms with Crippen LogP contribution in [0.4, 0.5) is 0 Å². The van der Waals surface area contributed by atoms with Crippen LogP contribution in [0.1, 0.15) is 57.6 Å². The van der Waals surface area contributed by atoms with E-state index < -0.39 is 11.7 Å². The highest BCUT2D eigenvalue weighted by atomic mass is 16.5. The lowest BCUT2D eigenvalue weighted by Gasteiger charge is -2.42. The summed E-state index contributed by atoms with van der Waals surface area (Å²) < 4.78 is 11.6. The van der Waals surface area contributed by atoms with E-state index in [1.807, 2.05) is 24.3 Å². The molecule has 0 heterocycles. The third kappa shape index (κ3) is 3.58. The third-order valence-corrected chi connectivity index (χ3v) is 4.57. The number of hydrogen-bond acceptors (Lipinski definition) is 3. The van der Waals surface area contributed by atoms with E-state index >= 15 is 0 Å².